The second kappa shape index (κ2) is 9.43. The summed E-state index contributed by atoms with van der Waals surface area (Å²) < 4.78 is 66.4. The Labute approximate surface area is 209 Å². The van der Waals surface area contributed by atoms with E-state index >= 15 is 0 Å². The van der Waals surface area contributed by atoms with E-state index in [2.05, 4.69) is 34.5 Å². The van der Waals surface area contributed by atoms with Gasteiger partial charge >= 0.3 is 15.6 Å². The number of alkyl halides is 3. The second-order valence-electron chi connectivity index (χ2n) is 9.71. The van der Waals surface area contributed by atoms with Crippen LogP contribution < -0.4 is 4.18 Å². The average molecular weight is 513 g/mol. The molecule has 5 rings (SSSR count). The largest absolute Gasteiger partial charge is 0.534 e. The Morgan fingerprint density at radius 1 is 0.944 bits per heavy atom. The molecule has 2 atom stereocenters. The molecule has 0 N–H and O–H groups in total. The first-order valence-corrected chi connectivity index (χ1v) is 13.5. The SMILES string of the molecule is O=S(=O)(Oc1ccc2c(c1)CCCC1CC(c3ccccc3)=CCC21Cc1ccccc1)C(F)(F)F. The molecule has 0 radical (unpaired) electrons. The molecule has 2 unspecified atom stereocenters. The molecule has 7 heteroatoms. The van der Waals surface area contributed by atoms with Crippen LogP contribution in [-0.2, 0) is 28.4 Å². The van der Waals surface area contributed by atoms with Gasteiger partial charge in [0.2, 0.25) is 0 Å². The predicted molar refractivity (Wildman–Crippen MR) is 134 cm³/mol. The van der Waals surface area contributed by atoms with Crippen molar-refractivity contribution in [3.63, 3.8) is 0 Å². The molecule has 36 heavy (non-hydrogen) atoms. The minimum absolute atomic E-state index is 0.243. The van der Waals surface area contributed by atoms with E-state index in [0.717, 1.165) is 43.2 Å². The van der Waals surface area contributed by atoms with Gasteiger partial charge in [-0.25, -0.2) is 0 Å². The summed E-state index contributed by atoms with van der Waals surface area (Å²) in [5.74, 6) is 0.0422. The van der Waals surface area contributed by atoms with Crippen molar-refractivity contribution in [1.29, 1.82) is 0 Å². The Bertz CT molecular complexity index is 1370. The van der Waals surface area contributed by atoms with Gasteiger partial charge in [0.05, 0.1) is 0 Å². The van der Waals surface area contributed by atoms with Gasteiger partial charge in [0.25, 0.3) is 0 Å². The predicted octanol–water partition coefficient (Wildman–Crippen LogP) is 7.23. The lowest BCUT2D eigenvalue weighted by Gasteiger charge is -2.44. The van der Waals surface area contributed by atoms with Gasteiger partial charge in [0.15, 0.2) is 0 Å². The molecule has 2 aliphatic carbocycles. The quantitative estimate of drug-likeness (QED) is 0.268. The van der Waals surface area contributed by atoms with Gasteiger partial charge in [0, 0.05) is 5.41 Å². The van der Waals surface area contributed by atoms with Crippen molar-refractivity contribution in [3.8, 4) is 5.75 Å². The van der Waals surface area contributed by atoms with Crippen molar-refractivity contribution in [2.24, 2.45) is 5.92 Å². The van der Waals surface area contributed by atoms with E-state index in [9.17, 15) is 21.6 Å². The molecule has 0 amide bonds. The number of aryl methyl sites for hydroxylation is 1. The first kappa shape index (κ1) is 24.6. The zero-order chi connectivity index (χ0) is 25.4. The summed E-state index contributed by atoms with van der Waals surface area (Å²) in [7, 11) is -5.72. The first-order chi connectivity index (χ1) is 17.2. The molecule has 0 aliphatic heterocycles. The Morgan fingerprint density at radius 3 is 2.33 bits per heavy atom. The summed E-state index contributed by atoms with van der Waals surface area (Å²) in [6.45, 7) is 0. The van der Waals surface area contributed by atoms with Gasteiger partial charge in [-0.15, -0.1) is 0 Å². The first-order valence-electron chi connectivity index (χ1n) is 12.1. The molecule has 3 aromatic rings. The summed E-state index contributed by atoms with van der Waals surface area (Å²) in [6.07, 6.45) is 7.32. The highest BCUT2D eigenvalue weighted by molar-refractivity contribution is 7.88. The maximum atomic E-state index is 12.9. The van der Waals surface area contributed by atoms with Crippen LogP contribution in [0.3, 0.4) is 0 Å². The molecular weight excluding hydrogens is 485 g/mol. The Hall–Kier alpha value is -3.06. The van der Waals surface area contributed by atoms with Crippen LogP contribution in [-0.4, -0.2) is 13.9 Å². The fraction of sp³-hybridized carbons (Fsp3) is 0.310. The third-order valence-corrected chi connectivity index (χ3v) is 8.55. The normalized spacial score (nSPS) is 22.1. The van der Waals surface area contributed by atoms with Crippen LogP contribution in [0.5, 0.6) is 5.75 Å². The average Bonchev–Trinajstić information content (AvgIpc) is 3.00. The Kier molecular flexibility index (Phi) is 6.45. The topological polar surface area (TPSA) is 43.4 Å². The number of fused-ring (bicyclic) bond motifs is 3. The molecule has 0 aromatic heterocycles. The van der Waals surface area contributed by atoms with Crippen LogP contribution >= 0.6 is 0 Å². The van der Waals surface area contributed by atoms with Crippen molar-refractivity contribution < 1.29 is 25.8 Å². The zero-order valence-corrected chi connectivity index (χ0v) is 20.5. The highest BCUT2D eigenvalue weighted by Crippen LogP contribution is 2.52. The maximum Gasteiger partial charge on any atom is 0.534 e. The van der Waals surface area contributed by atoms with Crippen LogP contribution in [0.1, 0.15) is 47.9 Å². The fourth-order valence-corrected chi connectivity index (χ4v) is 6.36. The van der Waals surface area contributed by atoms with E-state index in [0.29, 0.717) is 12.3 Å². The van der Waals surface area contributed by atoms with Crippen LogP contribution in [0.25, 0.3) is 5.57 Å². The lowest BCUT2D eigenvalue weighted by atomic mass is 9.59. The molecule has 0 heterocycles. The van der Waals surface area contributed by atoms with Crippen molar-refractivity contribution in [2.75, 3.05) is 0 Å². The monoisotopic (exact) mass is 512 g/mol. The molecule has 0 fully saturated rings. The van der Waals surface area contributed by atoms with E-state index in [1.54, 1.807) is 6.07 Å². The van der Waals surface area contributed by atoms with Crippen LogP contribution in [0.4, 0.5) is 13.2 Å². The third-order valence-electron chi connectivity index (χ3n) is 7.57. The van der Waals surface area contributed by atoms with E-state index in [1.165, 1.54) is 28.8 Å². The van der Waals surface area contributed by atoms with Crippen LogP contribution in [0, 0.1) is 5.92 Å². The molecule has 0 saturated heterocycles. The number of rotatable bonds is 5. The van der Waals surface area contributed by atoms with Crippen molar-refractivity contribution >= 4 is 15.7 Å². The molecule has 2 aliphatic rings. The Balaban J connectivity index is 1.58. The van der Waals surface area contributed by atoms with E-state index in [1.807, 2.05) is 36.4 Å². The third kappa shape index (κ3) is 4.69. The lowest BCUT2D eigenvalue weighted by Crippen LogP contribution is -2.39. The number of halogens is 3. The number of benzene rings is 3. The molecule has 3 aromatic carbocycles. The highest BCUT2D eigenvalue weighted by Gasteiger charge is 2.49. The zero-order valence-electron chi connectivity index (χ0n) is 19.7. The van der Waals surface area contributed by atoms with Gasteiger partial charge in [0.1, 0.15) is 5.75 Å². The van der Waals surface area contributed by atoms with Gasteiger partial charge in [-0.2, -0.15) is 21.6 Å². The van der Waals surface area contributed by atoms with E-state index < -0.39 is 15.6 Å². The Morgan fingerprint density at radius 2 is 1.64 bits per heavy atom. The summed E-state index contributed by atoms with van der Waals surface area (Å²) >= 11 is 0. The molecule has 188 valence electrons. The minimum Gasteiger partial charge on any atom is -0.376 e. The summed E-state index contributed by atoms with van der Waals surface area (Å²) in [5, 5.41) is 0. The van der Waals surface area contributed by atoms with Crippen molar-refractivity contribution in [3.05, 3.63) is 107 Å². The number of allylic oxidation sites excluding steroid dienone is 2. The second-order valence-corrected chi connectivity index (χ2v) is 11.3. The van der Waals surface area contributed by atoms with Crippen LogP contribution in [0.15, 0.2) is 84.9 Å². The van der Waals surface area contributed by atoms with Gasteiger partial charge in [-0.3, -0.25) is 0 Å². The summed E-state index contributed by atoms with van der Waals surface area (Å²) in [6, 6.07) is 25.2. The van der Waals surface area contributed by atoms with Crippen LogP contribution in [0.2, 0.25) is 0 Å². The minimum atomic E-state index is -5.72. The smallest absolute Gasteiger partial charge is 0.376 e. The van der Waals surface area contributed by atoms with E-state index in [-0.39, 0.29) is 11.2 Å². The molecule has 3 nitrogen and oxygen atoms in total. The van der Waals surface area contributed by atoms with Crippen molar-refractivity contribution in [1.82, 2.24) is 0 Å². The maximum absolute atomic E-state index is 12.9. The number of hydrogen-bond acceptors (Lipinski definition) is 3. The lowest BCUT2D eigenvalue weighted by molar-refractivity contribution is -0.0500. The fourth-order valence-electron chi connectivity index (χ4n) is 5.91. The molecule has 0 bridgehead atoms. The molecular formula is C29H27F3O3S. The van der Waals surface area contributed by atoms with Gasteiger partial charge in [-0.05, 0) is 84.4 Å². The van der Waals surface area contributed by atoms with Gasteiger partial charge < -0.3 is 4.18 Å². The van der Waals surface area contributed by atoms with Gasteiger partial charge in [-0.1, -0.05) is 72.8 Å². The molecule has 0 spiro atoms. The van der Waals surface area contributed by atoms with Crippen molar-refractivity contribution in [2.45, 2.75) is 49.4 Å². The number of hydrogen-bond donors (Lipinski definition) is 0. The summed E-state index contributed by atoms with van der Waals surface area (Å²) in [5.41, 5.74) is -0.0324. The van der Waals surface area contributed by atoms with E-state index in [4.69, 9.17) is 0 Å². The highest BCUT2D eigenvalue weighted by atomic mass is 32.2. The molecule has 0 saturated carbocycles. The summed E-state index contributed by atoms with van der Waals surface area (Å²) in [4.78, 5) is 0. The standard InChI is InChI=1S/C29H27F3O3S/c30-29(31,32)36(33,34)35-26-14-15-27-24(19-26)12-7-13-25-18-23(22-10-5-2-6-11-22)16-17-28(25,27)20-21-8-3-1-4-9-21/h1-6,8-11,14-16,19,25H,7,12-13,17-18,20H2.